The highest BCUT2D eigenvalue weighted by molar-refractivity contribution is 6.32. The van der Waals surface area contributed by atoms with Crippen LogP contribution in [0.15, 0.2) is 18.2 Å². The maximum atomic E-state index is 12.9. The number of rotatable bonds is 2. The Hall–Kier alpha value is -1.94. The summed E-state index contributed by atoms with van der Waals surface area (Å²) in [6, 6.07) is 6.08. The zero-order chi connectivity index (χ0) is 15.8. The van der Waals surface area contributed by atoms with Gasteiger partial charge in [-0.3, -0.25) is 4.79 Å². The van der Waals surface area contributed by atoms with Crippen LogP contribution in [0.2, 0.25) is 5.02 Å². The first-order valence-corrected chi connectivity index (χ1v) is 6.36. The van der Waals surface area contributed by atoms with Crippen molar-refractivity contribution in [2.45, 2.75) is 6.18 Å². The first-order valence-electron chi connectivity index (χ1n) is 5.98. The molecule has 21 heavy (non-hydrogen) atoms. The van der Waals surface area contributed by atoms with Crippen LogP contribution in [0.3, 0.4) is 0 Å². The largest absolute Gasteiger partial charge is 0.481 e. The number of nitrogens with zero attached hydrogens (tertiary/aromatic N) is 2. The van der Waals surface area contributed by atoms with E-state index in [2.05, 4.69) is 0 Å². The Morgan fingerprint density at radius 2 is 2.10 bits per heavy atom. The molecule has 2 atom stereocenters. The molecular formula is C13H10ClF3N2O2. The highest BCUT2D eigenvalue weighted by Gasteiger charge is 2.52. The Morgan fingerprint density at radius 1 is 1.43 bits per heavy atom. The van der Waals surface area contributed by atoms with Gasteiger partial charge in [-0.05, 0) is 18.2 Å². The molecule has 1 aromatic rings. The van der Waals surface area contributed by atoms with Crippen LogP contribution in [0.1, 0.15) is 5.56 Å². The summed E-state index contributed by atoms with van der Waals surface area (Å²) in [6.07, 6.45) is -4.58. The molecule has 0 radical (unpaired) electrons. The molecule has 0 aliphatic carbocycles. The number of hydrogen-bond donors (Lipinski definition) is 1. The van der Waals surface area contributed by atoms with Gasteiger partial charge in [0.1, 0.15) is 6.07 Å². The van der Waals surface area contributed by atoms with E-state index in [1.165, 1.54) is 23.1 Å². The van der Waals surface area contributed by atoms with Crippen molar-refractivity contribution < 1.29 is 23.1 Å². The van der Waals surface area contributed by atoms with Gasteiger partial charge in [0.15, 0.2) is 0 Å². The molecule has 1 aromatic carbocycles. The molecule has 1 saturated heterocycles. The molecule has 8 heteroatoms. The third kappa shape index (κ3) is 3.05. The molecule has 1 heterocycles. The Balaban J connectivity index is 2.29. The van der Waals surface area contributed by atoms with E-state index >= 15 is 0 Å². The topological polar surface area (TPSA) is 64.3 Å². The average molecular weight is 319 g/mol. The number of aliphatic carboxylic acids is 1. The summed E-state index contributed by atoms with van der Waals surface area (Å²) in [7, 11) is 0. The summed E-state index contributed by atoms with van der Waals surface area (Å²) in [5.41, 5.74) is 0.582. The van der Waals surface area contributed by atoms with Crippen LogP contribution >= 0.6 is 11.6 Å². The Bertz CT molecular complexity index is 612. The number of carbonyl (C=O) groups is 1. The van der Waals surface area contributed by atoms with Crippen molar-refractivity contribution in [3.05, 3.63) is 28.8 Å². The van der Waals surface area contributed by atoms with Gasteiger partial charge in [0.05, 0.1) is 22.4 Å². The number of anilines is 1. The van der Waals surface area contributed by atoms with Crippen LogP contribution in [0.5, 0.6) is 0 Å². The van der Waals surface area contributed by atoms with Crippen molar-refractivity contribution in [1.29, 1.82) is 5.26 Å². The van der Waals surface area contributed by atoms with Crippen LogP contribution in [0.25, 0.3) is 0 Å². The molecule has 1 aliphatic rings. The van der Waals surface area contributed by atoms with E-state index in [4.69, 9.17) is 22.0 Å². The third-order valence-corrected chi connectivity index (χ3v) is 3.81. The average Bonchev–Trinajstić information content (AvgIpc) is 2.83. The number of halogens is 4. The van der Waals surface area contributed by atoms with Crippen molar-refractivity contribution in [2.24, 2.45) is 11.8 Å². The van der Waals surface area contributed by atoms with Crippen LogP contribution in [0, 0.1) is 23.2 Å². The van der Waals surface area contributed by atoms with Gasteiger partial charge in [0.2, 0.25) is 0 Å². The van der Waals surface area contributed by atoms with Crippen molar-refractivity contribution in [2.75, 3.05) is 18.0 Å². The number of alkyl halides is 3. The first-order chi connectivity index (χ1) is 9.74. The van der Waals surface area contributed by atoms with E-state index in [1.807, 2.05) is 6.07 Å². The summed E-state index contributed by atoms with van der Waals surface area (Å²) in [6.45, 7) is -0.690. The fourth-order valence-corrected chi connectivity index (χ4v) is 2.60. The lowest BCUT2D eigenvalue weighted by atomic mass is 9.96. The normalized spacial score (nSPS) is 22.1. The van der Waals surface area contributed by atoms with Crippen LogP contribution in [-0.2, 0) is 4.79 Å². The second-order valence-electron chi connectivity index (χ2n) is 4.77. The van der Waals surface area contributed by atoms with Gasteiger partial charge in [0, 0.05) is 18.8 Å². The minimum absolute atomic E-state index is 0.123. The highest BCUT2D eigenvalue weighted by Crippen LogP contribution is 2.39. The standard InChI is InChI=1S/C13H10ClF3N2O2/c14-11-3-8(2-1-7(11)4-18)19-5-9(12(20)21)10(6-19)13(15,16)17/h1-3,9-10H,5-6H2,(H,20,21)/t9-,10-/m1/s1. The van der Waals surface area contributed by atoms with E-state index in [9.17, 15) is 18.0 Å². The Kier molecular flexibility index (Phi) is 4.01. The lowest BCUT2D eigenvalue weighted by Gasteiger charge is -2.20. The van der Waals surface area contributed by atoms with E-state index < -0.39 is 30.5 Å². The van der Waals surface area contributed by atoms with Crippen molar-refractivity contribution in [1.82, 2.24) is 0 Å². The number of benzene rings is 1. The summed E-state index contributed by atoms with van der Waals surface area (Å²) < 4.78 is 38.7. The quantitative estimate of drug-likeness (QED) is 0.910. The molecule has 112 valence electrons. The van der Waals surface area contributed by atoms with Crippen molar-refractivity contribution in [3.8, 4) is 6.07 Å². The molecule has 0 aromatic heterocycles. The van der Waals surface area contributed by atoms with Crippen LogP contribution in [-0.4, -0.2) is 30.3 Å². The highest BCUT2D eigenvalue weighted by atomic mass is 35.5. The monoisotopic (exact) mass is 318 g/mol. The Labute approximate surface area is 123 Å². The molecule has 0 bridgehead atoms. The first kappa shape index (κ1) is 15.4. The zero-order valence-corrected chi connectivity index (χ0v) is 11.3. The van der Waals surface area contributed by atoms with Crippen molar-refractivity contribution >= 4 is 23.3 Å². The van der Waals surface area contributed by atoms with E-state index in [1.54, 1.807) is 0 Å². The van der Waals surface area contributed by atoms with Crippen LogP contribution in [0.4, 0.5) is 18.9 Å². The molecule has 2 rings (SSSR count). The number of carboxylic acid groups (broad SMARTS) is 1. The maximum absolute atomic E-state index is 12.9. The molecule has 0 unspecified atom stereocenters. The number of nitriles is 1. The van der Waals surface area contributed by atoms with Gasteiger partial charge < -0.3 is 10.0 Å². The predicted octanol–water partition coefficient (Wildman–Crippen LogP) is 2.91. The number of hydrogen-bond acceptors (Lipinski definition) is 3. The molecule has 1 N–H and O–H groups in total. The minimum atomic E-state index is -4.58. The van der Waals surface area contributed by atoms with Crippen LogP contribution < -0.4 is 4.90 Å². The summed E-state index contributed by atoms with van der Waals surface area (Å²) >= 11 is 5.85. The molecule has 4 nitrogen and oxygen atoms in total. The lowest BCUT2D eigenvalue weighted by Crippen LogP contribution is -2.33. The third-order valence-electron chi connectivity index (χ3n) is 3.50. The summed E-state index contributed by atoms with van der Waals surface area (Å²) in [5, 5.41) is 17.8. The predicted molar refractivity (Wildman–Crippen MR) is 69.1 cm³/mol. The zero-order valence-electron chi connectivity index (χ0n) is 10.6. The van der Waals surface area contributed by atoms with Gasteiger partial charge in [-0.1, -0.05) is 11.6 Å². The lowest BCUT2D eigenvalue weighted by molar-refractivity contribution is -0.187. The molecule has 0 saturated carbocycles. The molecule has 0 spiro atoms. The van der Waals surface area contributed by atoms with Gasteiger partial charge >= 0.3 is 12.1 Å². The second-order valence-corrected chi connectivity index (χ2v) is 5.18. The fourth-order valence-electron chi connectivity index (χ4n) is 2.39. The van der Waals surface area contributed by atoms with E-state index in [0.29, 0.717) is 5.69 Å². The van der Waals surface area contributed by atoms with Crippen molar-refractivity contribution in [3.63, 3.8) is 0 Å². The summed E-state index contributed by atoms with van der Waals surface area (Å²) in [5.74, 6) is -4.91. The second kappa shape index (κ2) is 5.45. The van der Waals surface area contributed by atoms with Gasteiger partial charge in [-0.15, -0.1) is 0 Å². The van der Waals surface area contributed by atoms with Gasteiger partial charge in [-0.2, -0.15) is 18.4 Å². The van der Waals surface area contributed by atoms with Gasteiger partial charge in [0.25, 0.3) is 0 Å². The smallest absolute Gasteiger partial charge is 0.394 e. The number of carboxylic acids is 1. The van der Waals surface area contributed by atoms with E-state index in [0.717, 1.165) is 0 Å². The van der Waals surface area contributed by atoms with E-state index in [-0.39, 0.29) is 17.1 Å². The van der Waals surface area contributed by atoms with Gasteiger partial charge in [-0.25, -0.2) is 0 Å². The molecule has 1 fully saturated rings. The maximum Gasteiger partial charge on any atom is 0.394 e. The molecule has 1 aliphatic heterocycles. The fraction of sp³-hybridized carbons (Fsp3) is 0.385. The Morgan fingerprint density at radius 3 is 2.52 bits per heavy atom. The molecular weight excluding hydrogens is 309 g/mol. The molecule has 0 amide bonds. The minimum Gasteiger partial charge on any atom is -0.481 e. The summed E-state index contributed by atoms with van der Waals surface area (Å²) in [4.78, 5) is 12.3. The SMILES string of the molecule is N#Cc1ccc(N2C[C@@H](C(F)(F)F)[C@H](C(=O)O)C2)cc1Cl.